The van der Waals surface area contributed by atoms with Gasteiger partial charge in [0.25, 0.3) is 5.91 Å². The highest BCUT2D eigenvalue weighted by molar-refractivity contribution is 8.02. The van der Waals surface area contributed by atoms with Crippen molar-refractivity contribution in [2.75, 3.05) is 18.4 Å². The second-order valence-electron chi connectivity index (χ2n) is 3.58. The Morgan fingerprint density at radius 1 is 1.47 bits per heavy atom. The van der Waals surface area contributed by atoms with E-state index in [1.54, 1.807) is 30.5 Å². The number of fused-ring (bicyclic) bond motifs is 1. The number of nitrogens with zero attached hydrogens (tertiary/aromatic N) is 1. The van der Waals surface area contributed by atoms with Crippen molar-refractivity contribution in [3.05, 3.63) is 28.8 Å². The Bertz CT molecular complexity index is 592. The number of hydrogen-bond acceptors (Lipinski definition) is 6. The van der Waals surface area contributed by atoms with Crippen LogP contribution in [0.25, 0.3) is 0 Å². The Balaban J connectivity index is 2.29. The van der Waals surface area contributed by atoms with Crippen molar-refractivity contribution < 1.29 is 14.3 Å². The fourth-order valence-corrected chi connectivity index (χ4v) is 2.11. The van der Waals surface area contributed by atoms with Gasteiger partial charge in [0, 0.05) is 11.8 Å². The maximum Gasteiger partial charge on any atom is 0.262 e. The van der Waals surface area contributed by atoms with E-state index in [-0.39, 0.29) is 12.4 Å². The second kappa shape index (κ2) is 5.54. The fourth-order valence-electron chi connectivity index (χ4n) is 1.54. The third-order valence-corrected chi connectivity index (χ3v) is 3.13. The van der Waals surface area contributed by atoms with Gasteiger partial charge >= 0.3 is 0 Å². The molecule has 0 fully saturated rings. The van der Waals surface area contributed by atoms with E-state index < -0.39 is 5.91 Å². The van der Waals surface area contributed by atoms with Crippen molar-refractivity contribution in [2.45, 2.75) is 0 Å². The van der Waals surface area contributed by atoms with Gasteiger partial charge in [0.15, 0.2) is 11.5 Å². The lowest BCUT2D eigenvalue weighted by Gasteiger charge is -2.10. The molecular weight excluding hydrogens is 266 g/mol. The van der Waals surface area contributed by atoms with Gasteiger partial charge in [-0.2, -0.15) is 5.26 Å². The number of nitriles is 1. The van der Waals surface area contributed by atoms with Crippen molar-refractivity contribution >= 4 is 23.4 Å². The molecule has 0 spiro atoms. The van der Waals surface area contributed by atoms with Crippen molar-refractivity contribution in [3.8, 4) is 17.6 Å². The first-order valence-electron chi connectivity index (χ1n) is 5.30. The molecule has 3 N–H and O–H groups in total. The van der Waals surface area contributed by atoms with Gasteiger partial charge in [0.2, 0.25) is 6.79 Å². The predicted octanol–water partition coefficient (Wildman–Crippen LogP) is 1.41. The van der Waals surface area contributed by atoms with Crippen LogP contribution in [0.3, 0.4) is 0 Å². The van der Waals surface area contributed by atoms with Crippen LogP contribution >= 0.6 is 11.8 Å². The van der Waals surface area contributed by atoms with Gasteiger partial charge in [-0.1, -0.05) is 0 Å². The first-order chi connectivity index (χ1) is 9.15. The minimum atomic E-state index is -0.764. The summed E-state index contributed by atoms with van der Waals surface area (Å²) in [6.07, 6.45) is 1.75. The van der Waals surface area contributed by atoms with Crippen molar-refractivity contribution in [2.24, 2.45) is 5.73 Å². The number of hydrogen-bond donors (Lipinski definition) is 2. The van der Waals surface area contributed by atoms with E-state index in [9.17, 15) is 4.79 Å². The van der Waals surface area contributed by atoms with Crippen molar-refractivity contribution in [1.29, 1.82) is 5.26 Å². The summed E-state index contributed by atoms with van der Waals surface area (Å²) < 4.78 is 10.4. The topological polar surface area (TPSA) is 97.4 Å². The van der Waals surface area contributed by atoms with Crippen molar-refractivity contribution in [3.63, 3.8) is 0 Å². The summed E-state index contributed by atoms with van der Waals surface area (Å²) in [7, 11) is 0. The van der Waals surface area contributed by atoms with Crippen LogP contribution in [-0.2, 0) is 4.79 Å². The van der Waals surface area contributed by atoms with E-state index in [4.69, 9.17) is 20.5 Å². The summed E-state index contributed by atoms with van der Waals surface area (Å²) in [4.78, 5) is 11.2. The molecule has 1 aliphatic heterocycles. The number of nitrogens with one attached hydrogen (secondary N) is 1. The molecule has 0 saturated heterocycles. The zero-order chi connectivity index (χ0) is 13.8. The minimum absolute atomic E-state index is 0.106. The van der Waals surface area contributed by atoms with Gasteiger partial charge in [-0.15, -0.1) is 11.8 Å². The van der Waals surface area contributed by atoms with Crippen LogP contribution in [0.15, 0.2) is 28.8 Å². The van der Waals surface area contributed by atoms with Crippen LogP contribution < -0.4 is 20.5 Å². The van der Waals surface area contributed by atoms with Gasteiger partial charge in [0.05, 0.1) is 5.03 Å². The zero-order valence-electron chi connectivity index (χ0n) is 10.1. The van der Waals surface area contributed by atoms with Crippen LogP contribution in [0.1, 0.15) is 0 Å². The number of anilines is 1. The Morgan fingerprint density at radius 3 is 2.84 bits per heavy atom. The highest BCUT2D eigenvalue weighted by Gasteiger charge is 2.15. The standard InChI is InChI=1S/C12H11N3O3S/c1-19-12(8(5-13)11(14)16)15-7-2-3-9-10(4-7)18-6-17-9/h2-4,15H,6H2,1H3,(H2,14,16). The normalized spacial score (nSPS) is 13.5. The number of rotatable bonds is 4. The van der Waals surface area contributed by atoms with Crippen LogP contribution in [0, 0.1) is 11.3 Å². The maximum absolute atomic E-state index is 11.2. The molecule has 0 radical (unpaired) electrons. The number of carbonyl (C=O) groups excluding carboxylic acids is 1. The van der Waals surface area contributed by atoms with Crippen LogP contribution in [0.5, 0.6) is 11.5 Å². The molecule has 1 aromatic rings. The third kappa shape index (κ3) is 2.74. The molecule has 0 aromatic heterocycles. The molecule has 0 atom stereocenters. The zero-order valence-corrected chi connectivity index (χ0v) is 10.9. The number of benzene rings is 1. The van der Waals surface area contributed by atoms with E-state index in [0.29, 0.717) is 22.2 Å². The number of carbonyl (C=O) groups is 1. The molecule has 7 heteroatoms. The van der Waals surface area contributed by atoms with Crippen molar-refractivity contribution in [1.82, 2.24) is 0 Å². The van der Waals surface area contributed by atoms with Crippen LogP contribution in [0.4, 0.5) is 5.69 Å². The Morgan fingerprint density at radius 2 is 2.21 bits per heavy atom. The molecule has 2 rings (SSSR count). The van der Waals surface area contributed by atoms with E-state index >= 15 is 0 Å². The second-order valence-corrected chi connectivity index (χ2v) is 4.39. The summed E-state index contributed by atoms with van der Waals surface area (Å²) in [6.45, 7) is 0.189. The SMILES string of the molecule is CSC(Nc1ccc2c(c1)OCO2)=C(C#N)C(N)=O. The number of thioether (sulfide) groups is 1. The summed E-state index contributed by atoms with van der Waals surface area (Å²) in [5.41, 5.74) is 5.73. The summed E-state index contributed by atoms with van der Waals surface area (Å²) in [6, 6.07) is 7.03. The molecule has 6 nitrogen and oxygen atoms in total. The monoisotopic (exact) mass is 277 g/mol. The smallest absolute Gasteiger partial charge is 0.262 e. The first-order valence-corrected chi connectivity index (χ1v) is 6.53. The molecule has 1 aromatic carbocycles. The summed E-state index contributed by atoms with van der Waals surface area (Å²) in [5.74, 6) is 0.513. The molecule has 0 bridgehead atoms. The van der Waals surface area contributed by atoms with E-state index in [2.05, 4.69) is 5.32 Å². The van der Waals surface area contributed by atoms with Gasteiger partial charge in [-0.3, -0.25) is 4.79 Å². The lowest BCUT2D eigenvalue weighted by Crippen LogP contribution is -2.16. The third-order valence-electron chi connectivity index (χ3n) is 2.42. The molecular formula is C12H11N3O3S. The van der Waals surface area contributed by atoms with Gasteiger partial charge in [-0.05, 0) is 18.4 Å². The average molecular weight is 277 g/mol. The Labute approximate surface area is 114 Å². The first kappa shape index (κ1) is 13.1. The van der Waals surface area contributed by atoms with Crippen LogP contribution in [-0.4, -0.2) is 19.0 Å². The molecule has 0 unspecified atom stereocenters. The molecule has 1 amide bonds. The van der Waals surface area contributed by atoms with E-state index in [1.807, 2.05) is 0 Å². The number of amides is 1. The molecule has 0 saturated carbocycles. The molecule has 1 heterocycles. The predicted molar refractivity (Wildman–Crippen MR) is 71.5 cm³/mol. The number of primary amides is 1. The number of nitrogens with two attached hydrogens (primary N) is 1. The molecule has 1 aliphatic rings. The quantitative estimate of drug-likeness (QED) is 0.638. The largest absolute Gasteiger partial charge is 0.454 e. The lowest BCUT2D eigenvalue weighted by atomic mass is 10.2. The Hall–Kier alpha value is -2.33. The Kier molecular flexibility index (Phi) is 3.82. The number of ether oxygens (including phenoxy) is 2. The highest BCUT2D eigenvalue weighted by atomic mass is 32.2. The maximum atomic E-state index is 11.2. The van der Waals surface area contributed by atoms with E-state index in [0.717, 1.165) is 0 Å². The lowest BCUT2D eigenvalue weighted by molar-refractivity contribution is -0.114. The highest BCUT2D eigenvalue weighted by Crippen LogP contribution is 2.35. The van der Waals surface area contributed by atoms with Crippen LogP contribution in [0.2, 0.25) is 0 Å². The average Bonchev–Trinajstić information content (AvgIpc) is 2.85. The van der Waals surface area contributed by atoms with E-state index in [1.165, 1.54) is 11.8 Å². The van der Waals surface area contributed by atoms with Gasteiger partial charge < -0.3 is 20.5 Å². The summed E-state index contributed by atoms with van der Waals surface area (Å²) >= 11 is 1.23. The fraction of sp³-hybridized carbons (Fsp3) is 0.167. The van der Waals surface area contributed by atoms with Gasteiger partial charge in [0.1, 0.15) is 11.6 Å². The summed E-state index contributed by atoms with van der Waals surface area (Å²) in [5, 5.41) is 12.3. The molecule has 98 valence electrons. The minimum Gasteiger partial charge on any atom is -0.454 e. The molecule has 0 aliphatic carbocycles. The molecule has 19 heavy (non-hydrogen) atoms. The van der Waals surface area contributed by atoms with Gasteiger partial charge in [-0.25, -0.2) is 0 Å².